The van der Waals surface area contributed by atoms with Gasteiger partial charge in [-0.1, -0.05) is 36.4 Å². The average molecular weight is 467 g/mol. The van der Waals surface area contributed by atoms with E-state index in [0.29, 0.717) is 11.4 Å². The fourth-order valence-electron chi connectivity index (χ4n) is 3.04. The van der Waals surface area contributed by atoms with Gasteiger partial charge < -0.3 is 16.0 Å². The molecule has 0 saturated carbocycles. The largest absolute Gasteiger partial charge is 0.346 e. The zero-order valence-corrected chi connectivity index (χ0v) is 19.4. The highest BCUT2D eigenvalue weighted by Crippen LogP contribution is 2.19. The summed E-state index contributed by atoms with van der Waals surface area (Å²) in [5.74, 6) is -0.386. The number of hydrogen-bond acceptors (Lipinski definition) is 4. The Morgan fingerprint density at radius 1 is 0.818 bits per heavy atom. The summed E-state index contributed by atoms with van der Waals surface area (Å²) in [6.45, 7) is 1.82. The first-order valence-electron chi connectivity index (χ1n) is 10.2. The van der Waals surface area contributed by atoms with Gasteiger partial charge >= 0.3 is 6.03 Å². The Morgan fingerprint density at radius 2 is 1.42 bits per heavy atom. The Morgan fingerprint density at radius 3 is 2.03 bits per heavy atom. The van der Waals surface area contributed by atoms with Gasteiger partial charge in [-0.2, -0.15) is 0 Å². The van der Waals surface area contributed by atoms with Crippen molar-refractivity contribution in [2.45, 2.75) is 17.9 Å². The van der Waals surface area contributed by atoms with Crippen LogP contribution in [0.4, 0.5) is 16.2 Å². The van der Waals surface area contributed by atoms with Gasteiger partial charge in [0.15, 0.2) is 0 Å². The van der Waals surface area contributed by atoms with Gasteiger partial charge in [0, 0.05) is 31.0 Å². The van der Waals surface area contributed by atoms with Crippen LogP contribution in [-0.4, -0.2) is 38.8 Å². The van der Waals surface area contributed by atoms with Gasteiger partial charge in [-0.3, -0.25) is 4.79 Å². The normalized spacial score (nSPS) is 12.1. The number of carbonyl (C=O) groups excluding carboxylic acids is 2. The van der Waals surface area contributed by atoms with Crippen molar-refractivity contribution in [1.29, 1.82) is 0 Å². The number of hydrogen-bond donors (Lipinski definition) is 3. The number of carbonyl (C=O) groups is 2. The number of anilines is 2. The molecule has 0 aromatic heterocycles. The van der Waals surface area contributed by atoms with Gasteiger partial charge in [-0.25, -0.2) is 17.5 Å². The minimum absolute atomic E-state index is 0.0528. The topological polar surface area (TPSA) is 108 Å². The molecular formula is C24H26N4O4S. The molecule has 0 saturated heterocycles. The lowest BCUT2D eigenvalue weighted by Gasteiger charge is -2.16. The molecule has 0 aliphatic heterocycles. The monoisotopic (exact) mass is 466 g/mol. The third-order valence-corrected chi connectivity index (χ3v) is 6.73. The molecule has 172 valence electrons. The number of nitrogens with one attached hydrogen (secondary N) is 3. The number of benzene rings is 3. The second kappa shape index (κ2) is 10.3. The highest BCUT2D eigenvalue weighted by molar-refractivity contribution is 7.89. The predicted molar refractivity (Wildman–Crippen MR) is 129 cm³/mol. The van der Waals surface area contributed by atoms with E-state index >= 15 is 0 Å². The number of amides is 3. The number of rotatable bonds is 7. The van der Waals surface area contributed by atoms with E-state index in [-0.39, 0.29) is 28.4 Å². The van der Waals surface area contributed by atoms with Crippen molar-refractivity contribution in [3.8, 4) is 0 Å². The van der Waals surface area contributed by atoms with Gasteiger partial charge in [0.05, 0.1) is 10.9 Å². The Labute approximate surface area is 193 Å². The van der Waals surface area contributed by atoms with E-state index in [4.69, 9.17) is 0 Å². The maximum Gasteiger partial charge on any atom is 0.323 e. The Balaban J connectivity index is 1.62. The number of para-hydroxylation sites is 1. The van der Waals surface area contributed by atoms with Crippen LogP contribution in [0.25, 0.3) is 0 Å². The van der Waals surface area contributed by atoms with E-state index in [1.165, 1.54) is 32.3 Å². The second-order valence-corrected chi connectivity index (χ2v) is 9.73. The standard InChI is InChI=1S/C24H26N4O4S/c1-17(25-23(29)19-8-7-11-22(16-19)33(31,32)28(2)3)18-12-14-21(15-13-18)27-24(30)26-20-9-5-4-6-10-20/h4-17H,1-3H3,(H,25,29)(H2,26,27,30). The highest BCUT2D eigenvalue weighted by Gasteiger charge is 2.19. The summed E-state index contributed by atoms with van der Waals surface area (Å²) in [5, 5.41) is 8.36. The third-order valence-electron chi connectivity index (χ3n) is 4.92. The Bertz CT molecular complexity index is 1230. The summed E-state index contributed by atoms with van der Waals surface area (Å²) >= 11 is 0. The number of nitrogens with zero attached hydrogens (tertiary/aromatic N) is 1. The van der Waals surface area contributed by atoms with Crippen LogP contribution in [-0.2, 0) is 10.0 Å². The molecule has 0 bridgehead atoms. The van der Waals surface area contributed by atoms with E-state index in [1.54, 1.807) is 42.5 Å². The minimum Gasteiger partial charge on any atom is -0.346 e. The van der Waals surface area contributed by atoms with Crippen molar-refractivity contribution < 1.29 is 18.0 Å². The van der Waals surface area contributed by atoms with Gasteiger partial charge in [0.2, 0.25) is 10.0 Å². The lowest BCUT2D eigenvalue weighted by Crippen LogP contribution is -2.27. The first-order valence-corrected chi connectivity index (χ1v) is 11.7. The molecule has 0 aliphatic rings. The summed E-state index contributed by atoms with van der Waals surface area (Å²) in [7, 11) is -0.758. The molecule has 0 fully saturated rings. The van der Waals surface area contributed by atoms with Crippen molar-refractivity contribution in [2.75, 3.05) is 24.7 Å². The maximum absolute atomic E-state index is 12.7. The molecule has 0 aliphatic carbocycles. The number of urea groups is 1. The van der Waals surface area contributed by atoms with Crippen LogP contribution in [0.5, 0.6) is 0 Å². The van der Waals surface area contributed by atoms with E-state index in [9.17, 15) is 18.0 Å². The first-order chi connectivity index (χ1) is 15.7. The molecule has 0 heterocycles. The summed E-state index contributed by atoms with van der Waals surface area (Å²) in [4.78, 5) is 24.8. The van der Waals surface area contributed by atoms with Crippen molar-refractivity contribution >= 4 is 33.3 Å². The summed E-state index contributed by atoms with van der Waals surface area (Å²) < 4.78 is 25.7. The highest BCUT2D eigenvalue weighted by atomic mass is 32.2. The molecule has 8 nitrogen and oxygen atoms in total. The van der Waals surface area contributed by atoms with Gasteiger partial charge in [0.1, 0.15) is 0 Å². The fraction of sp³-hybridized carbons (Fsp3) is 0.167. The summed E-state index contributed by atoms with van der Waals surface area (Å²) in [6.07, 6.45) is 0. The lowest BCUT2D eigenvalue weighted by atomic mass is 10.1. The zero-order valence-electron chi connectivity index (χ0n) is 18.6. The van der Waals surface area contributed by atoms with Gasteiger partial charge in [-0.05, 0) is 55.0 Å². The molecule has 1 unspecified atom stereocenters. The van der Waals surface area contributed by atoms with E-state index in [1.807, 2.05) is 25.1 Å². The Hall–Kier alpha value is -3.69. The van der Waals surface area contributed by atoms with E-state index in [2.05, 4.69) is 16.0 Å². The average Bonchev–Trinajstić information content (AvgIpc) is 2.80. The fourth-order valence-corrected chi connectivity index (χ4v) is 3.99. The van der Waals surface area contributed by atoms with Gasteiger partial charge in [0.25, 0.3) is 5.91 Å². The van der Waals surface area contributed by atoms with Crippen molar-refractivity contribution in [3.05, 3.63) is 90.0 Å². The third kappa shape index (κ3) is 6.18. The molecule has 9 heteroatoms. The van der Waals surface area contributed by atoms with Gasteiger partial charge in [-0.15, -0.1) is 0 Å². The molecule has 0 radical (unpaired) electrons. The number of sulfonamides is 1. The van der Waals surface area contributed by atoms with Crippen LogP contribution < -0.4 is 16.0 Å². The van der Waals surface area contributed by atoms with Crippen LogP contribution in [0.1, 0.15) is 28.9 Å². The first kappa shape index (κ1) is 24.0. The maximum atomic E-state index is 12.7. The van der Waals surface area contributed by atoms with E-state index in [0.717, 1.165) is 9.87 Å². The van der Waals surface area contributed by atoms with Crippen molar-refractivity contribution in [3.63, 3.8) is 0 Å². The second-order valence-electron chi connectivity index (χ2n) is 7.58. The molecule has 0 spiro atoms. The SMILES string of the molecule is CC(NC(=O)c1cccc(S(=O)(=O)N(C)C)c1)c1ccc(NC(=O)Nc2ccccc2)cc1. The van der Waals surface area contributed by atoms with Crippen molar-refractivity contribution in [2.24, 2.45) is 0 Å². The van der Waals surface area contributed by atoms with Crippen LogP contribution in [0.15, 0.2) is 83.8 Å². The molecule has 1 atom stereocenters. The Kier molecular flexibility index (Phi) is 7.47. The smallest absolute Gasteiger partial charge is 0.323 e. The van der Waals surface area contributed by atoms with Crippen molar-refractivity contribution in [1.82, 2.24) is 9.62 Å². The molecule has 3 rings (SSSR count). The molecule has 3 aromatic carbocycles. The molecule has 33 heavy (non-hydrogen) atoms. The van der Waals surface area contributed by atoms with Crippen LogP contribution in [0, 0.1) is 0 Å². The van der Waals surface area contributed by atoms with E-state index < -0.39 is 10.0 Å². The molecular weight excluding hydrogens is 440 g/mol. The van der Waals surface area contributed by atoms with Crippen LogP contribution in [0.2, 0.25) is 0 Å². The molecule has 3 amide bonds. The summed E-state index contributed by atoms with van der Waals surface area (Å²) in [6, 6.07) is 21.4. The lowest BCUT2D eigenvalue weighted by molar-refractivity contribution is 0.0939. The van der Waals surface area contributed by atoms with Crippen LogP contribution in [0.3, 0.4) is 0 Å². The quantitative estimate of drug-likeness (QED) is 0.488. The predicted octanol–water partition coefficient (Wildman–Crippen LogP) is 4.07. The molecule has 3 N–H and O–H groups in total. The zero-order chi connectivity index (χ0) is 24.0. The van der Waals surface area contributed by atoms with Crippen LogP contribution >= 0.6 is 0 Å². The summed E-state index contributed by atoms with van der Waals surface area (Å²) in [5.41, 5.74) is 2.37. The minimum atomic E-state index is -3.63. The molecule has 3 aromatic rings.